The number of carbonyl (C=O) groups excluding carboxylic acids is 2. The van der Waals surface area contributed by atoms with Gasteiger partial charge in [0.15, 0.2) is 0 Å². The average Bonchev–Trinajstić information content (AvgIpc) is 3.36. The summed E-state index contributed by atoms with van der Waals surface area (Å²) in [4.78, 5) is 32.6. The molecule has 1 aliphatic heterocycles. The zero-order valence-corrected chi connectivity index (χ0v) is 17.5. The Kier molecular flexibility index (Phi) is 5.57. The number of methoxy groups -OCH3 is 1. The van der Waals surface area contributed by atoms with Gasteiger partial charge in [-0.05, 0) is 41.8 Å². The Balaban J connectivity index is 1.90. The molecular weight excluding hydrogens is 424 g/mol. The summed E-state index contributed by atoms with van der Waals surface area (Å²) in [5.41, 5.74) is 0.673. The van der Waals surface area contributed by atoms with E-state index in [4.69, 9.17) is 16.3 Å². The van der Waals surface area contributed by atoms with Crippen LogP contribution in [0.15, 0.2) is 65.7 Å². The molecule has 3 aromatic rings. The van der Waals surface area contributed by atoms with Crippen LogP contribution in [-0.2, 0) is 16.1 Å². The third-order valence-corrected chi connectivity index (χ3v) is 5.93. The fraction of sp³-hybridized carbons (Fsp3) is 0.136. The van der Waals surface area contributed by atoms with Gasteiger partial charge in [-0.3, -0.25) is 14.6 Å². The maximum atomic E-state index is 13.0. The third-order valence-electron chi connectivity index (χ3n) is 4.83. The first-order valence-corrected chi connectivity index (χ1v) is 10.3. The molecule has 0 bridgehead atoms. The van der Waals surface area contributed by atoms with Gasteiger partial charge in [0.05, 0.1) is 30.5 Å². The minimum Gasteiger partial charge on any atom is -0.507 e. The first kappa shape index (κ1) is 20.1. The number of benzene rings is 1. The van der Waals surface area contributed by atoms with Crippen LogP contribution in [0.25, 0.3) is 5.76 Å². The summed E-state index contributed by atoms with van der Waals surface area (Å²) in [6, 6.07) is 12.9. The van der Waals surface area contributed by atoms with Crippen LogP contribution in [-0.4, -0.2) is 33.8 Å². The molecule has 0 saturated carbocycles. The van der Waals surface area contributed by atoms with E-state index in [-0.39, 0.29) is 23.4 Å². The second kappa shape index (κ2) is 8.30. The third kappa shape index (κ3) is 3.58. The Hall–Kier alpha value is -3.16. The maximum absolute atomic E-state index is 13.0. The largest absolute Gasteiger partial charge is 0.507 e. The number of thiophene rings is 1. The van der Waals surface area contributed by atoms with Gasteiger partial charge in [-0.2, -0.15) is 0 Å². The minimum atomic E-state index is -0.836. The highest BCUT2D eigenvalue weighted by atomic mass is 35.5. The molecular formula is C22H17ClN2O4S. The number of hydrogen-bond acceptors (Lipinski definition) is 6. The van der Waals surface area contributed by atoms with E-state index in [0.29, 0.717) is 16.5 Å². The number of Topliss-reactive ketones (excluding diaryl/α,β-unsaturated/α-hetero) is 1. The van der Waals surface area contributed by atoms with Gasteiger partial charge >= 0.3 is 0 Å². The molecule has 3 heterocycles. The van der Waals surface area contributed by atoms with Crippen molar-refractivity contribution in [3.8, 4) is 5.75 Å². The number of aliphatic hydroxyl groups excluding tert-OH is 1. The molecule has 152 valence electrons. The highest BCUT2D eigenvalue weighted by Crippen LogP contribution is 2.41. The topological polar surface area (TPSA) is 79.7 Å². The molecule has 30 heavy (non-hydrogen) atoms. The van der Waals surface area contributed by atoms with Crippen molar-refractivity contribution < 1.29 is 19.4 Å². The SMILES string of the molecule is COc1ccc(Cl)cc1/C(O)=C1\C(=O)C(=O)N(Cc2cccs2)C1c1ccccn1. The molecule has 8 heteroatoms. The van der Waals surface area contributed by atoms with Crippen molar-refractivity contribution in [3.63, 3.8) is 0 Å². The van der Waals surface area contributed by atoms with E-state index >= 15 is 0 Å². The molecule has 1 aromatic carbocycles. The number of hydrogen-bond donors (Lipinski definition) is 1. The van der Waals surface area contributed by atoms with Crippen molar-refractivity contribution in [3.05, 3.63) is 86.8 Å². The second-order valence-corrected chi connectivity index (χ2v) is 8.07. The summed E-state index contributed by atoms with van der Waals surface area (Å²) in [5, 5.41) is 13.4. The van der Waals surface area contributed by atoms with E-state index in [0.717, 1.165) is 4.88 Å². The van der Waals surface area contributed by atoms with E-state index < -0.39 is 17.7 Å². The molecule has 1 amide bonds. The van der Waals surface area contributed by atoms with Gasteiger partial charge in [0.25, 0.3) is 11.7 Å². The Morgan fingerprint density at radius 1 is 1.23 bits per heavy atom. The van der Waals surface area contributed by atoms with E-state index in [2.05, 4.69) is 4.98 Å². The normalized spacial score (nSPS) is 18.1. The minimum absolute atomic E-state index is 0.0455. The highest BCUT2D eigenvalue weighted by Gasteiger charge is 2.47. The molecule has 1 unspecified atom stereocenters. The van der Waals surface area contributed by atoms with Crippen LogP contribution >= 0.6 is 22.9 Å². The van der Waals surface area contributed by atoms with Gasteiger partial charge in [-0.15, -0.1) is 11.3 Å². The van der Waals surface area contributed by atoms with E-state index in [1.807, 2.05) is 17.5 Å². The molecule has 6 nitrogen and oxygen atoms in total. The molecule has 1 atom stereocenters. The van der Waals surface area contributed by atoms with Crippen molar-refractivity contribution in [1.29, 1.82) is 0 Å². The summed E-state index contributed by atoms with van der Waals surface area (Å²) in [7, 11) is 1.45. The number of nitrogens with zero attached hydrogens (tertiary/aromatic N) is 2. The molecule has 1 saturated heterocycles. The first-order chi connectivity index (χ1) is 14.5. The summed E-state index contributed by atoms with van der Waals surface area (Å²) in [6.07, 6.45) is 1.58. The van der Waals surface area contributed by atoms with Crippen molar-refractivity contribution in [1.82, 2.24) is 9.88 Å². The van der Waals surface area contributed by atoms with Crippen LogP contribution in [0.3, 0.4) is 0 Å². The number of rotatable bonds is 5. The zero-order chi connectivity index (χ0) is 21.3. The van der Waals surface area contributed by atoms with Gasteiger partial charge in [-0.1, -0.05) is 23.7 Å². The Labute approximate surface area is 182 Å². The number of halogens is 1. The second-order valence-electron chi connectivity index (χ2n) is 6.61. The number of likely N-dealkylation sites (tertiary alicyclic amines) is 1. The van der Waals surface area contributed by atoms with Crippen LogP contribution in [0.4, 0.5) is 0 Å². The number of pyridine rings is 1. The summed E-state index contributed by atoms with van der Waals surface area (Å²) >= 11 is 7.59. The molecule has 4 rings (SSSR count). The van der Waals surface area contributed by atoms with E-state index in [1.54, 1.807) is 36.5 Å². The molecule has 0 aliphatic carbocycles. The quantitative estimate of drug-likeness (QED) is 0.360. The molecule has 0 spiro atoms. The van der Waals surface area contributed by atoms with Crippen molar-refractivity contribution in [2.24, 2.45) is 0 Å². The fourth-order valence-corrected chi connectivity index (χ4v) is 4.34. The maximum Gasteiger partial charge on any atom is 0.296 e. The highest BCUT2D eigenvalue weighted by molar-refractivity contribution is 7.09. The molecule has 1 aliphatic rings. The van der Waals surface area contributed by atoms with Gasteiger partial charge in [0, 0.05) is 16.1 Å². The number of carbonyl (C=O) groups is 2. The molecule has 1 fully saturated rings. The standard InChI is InChI=1S/C22H17ClN2O4S/c1-29-17-8-7-13(23)11-15(17)20(26)18-19(16-6-2-3-9-24-16)25(22(28)21(18)27)12-14-5-4-10-30-14/h2-11,19,26H,12H2,1H3/b20-18+. The van der Waals surface area contributed by atoms with E-state index in [9.17, 15) is 14.7 Å². The monoisotopic (exact) mass is 440 g/mol. The smallest absolute Gasteiger partial charge is 0.296 e. The van der Waals surface area contributed by atoms with Crippen LogP contribution in [0.1, 0.15) is 22.2 Å². The first-order valence-electron chi connectivity index (χ1n) is 9.07. The van der Waals surface area contributed by atoms with Crippen molar-refractivity contribution >= 4 is 40.4 Å². The number of aromatic nitrogens is 1. The summed E-state index contributed by atoms with van der Waals surface area (Å²) < 4.78 is 5.32. The van der Waals surface area contributed by atoms with Crippen LogP contribution in [0, 0.1) is 0 Å². The lowest BCUT2D eigenvalue weighted by Crippen LogP contribution is -2.29. The number of amides is 1. The lowest BCUT2D eigenvalue weighted by atomic mass is 9.98. The lowest BCUT2D eigenvalue weighted by Gasteiger charge is -2.24. The Morgan fingerprint density at radius 3 is 2.73 bits per heavy atom. The van der Waals surface area contributed by atoms with Gasteiger partial charge in [0.2, 0.25) is 0 Å². The van der Waals surface area contributed by atoms with Gasteiger partial charge < -0.3 is 14.7 Å². The van der Waals surface area contributed by atoms with Gasteiger partial charge in [-0.25, -0.2) is 0 Å². The fourth-order valence-electron chi connectivity index (χ4n) is 3.47. The number of aliphatic hydroxyl groups is 1. The molecule has 1 N–H and O–H groups in total. The van der Waals surface area contributed by atoms with Crippen molar-refractivity contribution in [2.75, 3.05) is 7.11 Å². The number of ether oxygens (including phenoxy) is 1. The predicted molar refractivity (Wildman–Crippen MR) is 114 cm³/mol. The van der Waals surface area contributed by atoms with E-state index in [1.165, 1.54) is 29.4 Å². The number of ketones is 1. The Bertz CT molecular complexity index is 1130. The zero-order valence-electron chi connectivity index (χ0n) is 15.9. The van der Waals surface area contributed by atoms with Gasteiger partial charge in [0.1, 0.15) is 17.6 Å². The van der Waals surface area contributed by atoms with Crippen LogP contribution in [0.5, 0.6) is 5.75 Å². The summed E-state index contributed by atoms with van der Waals surface area (Å²) in [5.74, 6) is -1.48. The summed E-state index contributed by atoms with van der Waals surface area (Å²) in [6.45, 7) is 0.229. The average molecular weight is 441 g/mol. The van der Waals surface area contributed by atoms with Crippen LogP contribution in [0.2, 0.25) is 5.02 Å². The lowest BCUT2D eigenvalue weighted by molar-refractivity contribution is -0.140. The predicted octanol–water partition coefficient (Wildman–Crippen LogP) is 4.43. The van der Waals surface area contributed by atoms with Crippen LogP contribution < -0.4 is 4.74 Å². The molecule has 0 radical (unpaired) electrons. The Morgan fingerprint density at radius 2 is 2.07 bits per heavy atom. The molecule has 2 aromatic heterocycles. The van der Waals surface area contributed by atoms with Crippen molar-refractivity contribution in [2.45, 2.75) is 12.6 Å².